The van der Waals surface area contributed by atoms with Gasteiger partial charge in [0.15, 0.2) is 0 Å². The molecule has 1 aromatic carbocycles. The fourth-order valence-corrected chi connectivity index (χ4v) is 5.04. The molecule has 11 heteroatoms. The zero-order chi connectivity index (χ0) is 27.4. The first kappa shape index (κ1) is 27.4. The van der Waals surface area contributed by atoms with Crippen LogP contribution in [0.4, 0.5) is 0 Å². The summed E-state index contributed by atoms with van der Waals surface area (Å²) in [5.41, 5.74) is 3.99. The lowest BCUT2D eigenvalue weighted by Gasteiger charge is -2.19. The average Bonchev–Trinajstić information content (AvgIpc) is 3.67. The van der Waals surface area contributed by atoms with Crippen molar-refractivity contribution < 1.29 is 27.9 Å². The molecule has 2 unspecified atom stereocenters. The number of hydrogen-bond acceptors (Lipinski definition) is 6. The third-order valence-electron chi connectivity index (χ3n) is 6.69. The monoisotopic (exact) mass is 538 g/mol. The van der Waals surface area contributed by atoms with E-state index < -0.39 is 23.2 Å². The van der Waals surface area contributed by atoms with E-state index in [0.717, 1.165) is 29.5 Å². The number of amides is 1. The van der Waals surface area contributed by atoms with Crippen molar-refractivity contribution in [3.05, 3.63) is 52.7 Å². The number of aryl methyl sites for hydroxylation is 1. The molecule has 38 heavy (non-hydrogen) atoms. The molecule has 0 radical (unpaired) electrons. The average molecular weight is 539 g/mol. The number of pyridine rings is 1. The second kappa shape index (κ2) is 11.9. The van der Waals surface area contributed by atoms with E-state index in [-0.39, 0.29) is 37.0 Å². The minimum atomic E-state index is -2.31. The summed E-state index contributed by atoms with van der Waals surface area (Å²) in [4.78, 5) is 28.6. The van der Waals surface area contributed by atoms with E-state index >= 15 is 0 Å². The van der Waals surface area contributed by atoms with Gasteiger partial charge in [-0.25, -0.2) is 9.19 Å². The van der Waals surface area contributed by atoms with Crippen LogP contribution in [0, 0.1) is 24.2 Å². The van der Waals surface area contributed by atoms with Gasteiger partial charge >= 0.3 is 5.97 Å². The van der Waals surface area contributed by atoms with Crippen LogP contribution in [0.3, 0.4) is 0 Å². The summed E-state index contributed by atoms with van der Waals surface area (Å²) in [7, 11) is 1.56. The van der Waals surface area contributed by atoms with Gasteiger partial charge in [0.2, 0.25) is 17.0 Å². The molecule has 10 nitrogen and oxygen atoms in total. The number of nitrogens with zero attached hydrogens (tertiary/aromatic N) is 3. The Morgan fingerprint density at radius 2 is 2.03 bits per heavy atom. The Morgan fingerprint density at radius 1 is 1.32 bits per heavy atom. The highest BCUT2D eigenvalue weighted by Gasteiger charge is 2.31. The van der Waals surface area contributed by atoms with Gasteiger partial charge in [-0.15, -0.1) is 0 Å². The van der Waals surface area contributed by atoms with E-state index in [1.807, 2.05) is 43.3 Å². The molecular formula is C27H30N4O6S. The number of carboxylic acids is 1. The highest BCUT2D eigenvalue weighted by atomic mass is 32.2. The molecular weight excluding hydrogens is 508 g/mol. The van der Waals surface area contributed by atoms with E-state index in [1.165, 1.54) is 4.31 Å². The van der Waals surface area contributed by atoms with Crippen molar-refractivity contribution in [2.75, 3.05) is 13.6 Å². The van der Waals surface area contributed by atoms with Crippen molar-refractivity contribution in [3.8, 4) is 17.4 Å². The lowest BCUT2D eigenvalue weighted by Crippen LogP contribution is -2.28. The van der Waals surface area contributed by atoms with Crippen molar-refractivity contribution in [3.63, 3.8) is 0 Å². The summed E-state index contributed by atoms with van der Waals surface area (Å²) in [5.74, 6) is -1.35. The van der Waals surface area contributed by atoms with Gasteiger partial charge < -0.3 is 14.8 Å². The van der Waals surface area contributed by atoms with Gasteiger partial charge in [-0.05, 0) is 50.2 Å². The van der Waals surface area contributed by atoms with E-state index in [2.05, 4.69) is 5.32 Å². The van der Waals surface area contributed by atoms with Crippen LogP contribution in [-0.2, 0) is 22.6 Å². The maximum Gasteiger partial charge on any atom is 0.304 e. The molecule has 0 bridgehead atoms. The first-order valence-electron chi connectivity index (χ1n) is 12.4. The number of fused-ring (bicyclic) bond motifs is 1. The zero-order valence-corrected chi connectivity index (χ0v) is 22.1. The number of furan rings is 1. The minimum Gasteiger partial charge on any atom is -0.481 e. The maximum atomic E-state index is 12.9. The highest BCUT2D eigenvalue weighted by Crippen LogP contribution is 2.44. The summed E-state index contributed by atoms with van der Waals surface area (Å²) in [6.07, 6.45) is 2.32. The fourth-order valence-electron chi connectivity index (χ4n) is 4.52. The maximum absolute atomic E-state index is 12.9. The normalized spacial score (nSPS) is 14.8. The number of nitrogens with one attached hydrogen (secondary N) is 1. The van der Waals surface area contributed by atoms with E-state index in [9.17, 15) is 23.6 Å². The quantitative estimate of drug-likeness (QED) is 0.287. The molecule has 3 aromatic rings. The summed E-state index contributed by atoms with van der Waals surface area (Å²) in [6, 6.07) is 11.5. The molecule has 3 N–H and O–H groups in total. The largest absolute Gasteiger partial charge is 0.481 e. The Hall–Kier alpha value is -3.59. The van der Waals surface area contributed by atoms with Crippen LogP contribution in [-0.4, -0.2) is 48.6 Å². The molecule has 2 atom stereocenters. The number of carbonyl (C=O) groups excluding carboxylic acids is 1. The second-order valence-electron chi connectivity index (χ2n) is 9.56. The molecule has 0 spiro atoms. The predicted molar refractivity (Wildman–Crippen MR) is 141 cm³/mol. The van der Waals surface area contributed by atoms with Crippen molar-refractivity contribution in [2.45, 2.75) is 51.5 Å². The van der Waals surface area contributed by atoms with Crippen LogP contribution in [0.5, 0.6) is 0 Å². The van der Waals surface area contributed by atoms with Crippen molar-refractivity contribution in [1.29, 1.82) is 5.26 Å². The fraction of sp³-hybridized carbons (Fsp3) is 0.407. The smallest absolute Gasteiger partial charge is 0.304 e. The third kappa shape index (κ3) is 6.27. The molecule has 4 rings (SSSR count). The molecule has 0 saturated heterocycles. The van der Waals surface area contributed by atoms with Crippen LogP contribution < -0.4 is 5.32 Å². The second-order valence-corrected chi connectivity index (χ2v) is 10.5. The van der Waals surface area contributed by atoms with Gasteiger partial charge in [-0.3, -0.25) is 14.1 Å². The molecule has 1 saturated carbocycles. The summed E-state index contributed by atoms with van der Waals surface area (Å²) in [5, 5.41) is 21.4. The number of carboxylic acid groups (broad SMARTS) is 1. The van der Waals surface area contributed by atoms with Crippen LogP contribution in [0.1, 0.15) is 65.2 Å². The van der Waals surface area contributed by atoms with E-state index in [1.54, 1.807) is 7.05 Å². The molecule has 1 fully saturated rings. The van der Waals surface area contributed by atoms with Crippen molar-refractivity contribution in [2.24, 2.45) is 5.92 Å². The molecule has 2 aromatic heterocycles. The van der Waals surface area contributed by atoms with Crippen LogP contribution in [0.25, 0.3) is 22.4 Å². The molecule has 1 amide bonds. The van der Waals surface area contributed by atoms with Gasteiger partial charge in [-0.2, -0.15) is 9.57 Å². The van der Waals surface area contributed by atoms with Crippen molar-refractivity contribution in [1.82, 2.24) is 14.6 Å². The molecule has 200 valence electrons. The number of nitriles is 1. The molecule has 2 heterocycles. The third-order valence-corrected chi connectivity index (χ3v) is 7.44. The van der Waals surface area contributed by atoms with Gasteiger partial charge in [0.1, 0.15) is 5.76 Å². The Balaban J connectivity index is 1.67. The van der Waals surface area contributed by atoms with E-state index in [0.29, 0.717) is 35.2 Å². The number of benzene rings is 1. The van der Waals surface area contributed by atoms with Gasteiger partial charge in [0.25, 0.3) is 5.91 Å². The Labute approximate surface area is 223 Å². The topological polar surface area (TPSA) is 157 Å². The number of aromatic nitrogens is 1. The standard InChI is InChI=1S/C27H30N4O6S/c1-16-5-7-19(8-6-16)25-24(26(34)29-2)21-13-20(18-9-10-18)22(30-27(21)37-25)15-31(38(35)36)11-3-4-17(14-28)12-23(32)33/h5-8,13,17-18H,3-4,9-12,15H2,1-2H3,(H,29,34)(H,32,33)(H,35,36). The van der Waals surface area contributed by atoms with Gasteiger partial charge in [-0.1, -0.05) is 29.8 Å². The minimum absolute atomic E-state index is 0.0664. The zero-order valence-electron chi connectivity index (χ0n) is 21.3. The summed E-state index contributed by atoms with van der Waals surface area (Å²) < 4.78 is 29.6. The Bertz CT molecular complexity index is 1410. The predicted octanol–water partition coefficient (Wildman–Crippen LogP) is 4.37. The Kier molecular flexibility index (Phi) is 8.56. The number of aliphatic carboxylic acids is 1. The highest BCUT2D eigenvalue weighted by molar-refractivity contribution is 7.76. The lowest BCUT2D eigenvalue weighted by atomic mass is 10.0. The van der Waals surface area contributed by atoms with Gasteiger partial charge in [0, 0.05) is 19.2 Å². The number of rotatable bonds is 12. The van der Waals surface area contributed by atoms with Crippen LogP contribution >= 0.6 is 0 Å². The van der Waals surface area contributed by atoms with Crippen LogP contribution in [0.15, 0.2) is 34.7 Å². The first-order chi connectivity index (χ1) is 18.2. The van der Waals surface area contributed by atoms with Crippen LogP contribution in [0.2, 0.25) is 0 Å². The lowest BCUT2D eigenvalue weighted by molar-refractivity contribution is -0.137. The van der Waals surface area contributed by atoms with E-state index in [4.69, 9.17) is 14.5 Å². The molecule has 1 aliphatic rings. The summed E-state index contributed by atoms with van der Waals surface area (Å²) >= 11 is -2.31. The van der Waals surface area contributed by atoms with Gasteiger partial charge in [0.05, 0.1) is 41.6 Å². The summed E-state index contributed by atoms with van der Waals surface area (Å²) in [6.45, 7) is 2.22. The molecule has 1 aliphatic carbocycles. The molecule has 0 aliphatic heterocycles. The Morgan fingerprint density at radius 3 is 2.61 bits per heavy atom. The SMILES string of the molecule is CNC(=O)c1c(-c2ccc(C)cc2)oc2nc(CN(CCCC(C#N)CC(=O)O)S(=O)O)c(C3CC3)cc12. The number of hydrogen-bond donors (Lipinski definition) is 3. The number of carbonyl (C=O) groups is 2. The first-order valence-corrected chi connectivity index (χ1v) is 13.5. The van der Waals surface area contributed by atoms with Crippen molar-refractivity contribution >= 4 is 34.2 Å².